The van der Waals surface area contributed by atoms with Crippen LogP contribution in [0.4, 0.5) is 0 Å². The zero-order valence-corrected chi connectivity index (χ0v) is 9.82. The number of ketones is 1. The lowest BCUT2D eigenvalue weighted by molar-refractivity contribution is -0.108. The van der Waals surface area contributed by atoms with Crippen LogP contribution in [0.3, 0.4) is 0 Å². The lowest BCUT2D eigenvalue weighted by Crippen LogP contribution is -2.08. The van der Waals surface area contributed by atoms with E-state index in [1.165, 1.54) is 0 Å². The van der Waals surface area contributed by atoms with Gasteiger partial charge >= 0.3 is 0 Å². The van der Waals surface area contributed by atoms with Gasteiger partial charge in [-0.2, -0.15) is 0 Å². The lowest BCUT2D eigenvalue weighted by atomic mass is 10.1. The molecule has 0 aliphatic rings. The Morgan fingerprint density at radius 2 is 2.00 bits per heavy atom. The summed E-state index contributed by atoms with van der Waals surface area (Å²) < 4.78 is 0. The highest BCUT2D eigenvalue weighted by molar-refractivity contribution is 6.83. The standard InChI is InChI=1S/C11H7Cl2NO2/c1-5-9(10(15)11(13)16)7-4-6(12)2-3-8(7)14-5/h2-4,14H,1H3. The number of H-pyrrole nitrogens is 1. The van der Waals surface area contributed by atoms with Gasteiger partial charge in [0, 0.05) is 21.6 Å². The minimum Gasteiger partial charge on any atom is -0.358 e. The highest BCUT2D eigenvalue weighted by Gasteiger charge is 2.20. The van der Waals surface area contributed by atoms with Crippen LogP contribution >= 0.6 is 23.2 Å². The largest absolute Gasteiger partial charge is 0.358 e. The van der Waals surface area contributed by atoms with Gasteiger partial charge in [-0.1, -0.05) is 11.6 Å². The molecule has 0 amide bonds. The number of aryl methyl sites for hydroxylation is 1. The molecule has 1 aromatic heterocycles. The molecular formula is C11H7Cl2NO2. The van der Waals surface area contributed by atoms with Crippen molar-refractivity contribution in [2.24, 2.45) is 0 Å². The van der Waals surface area contributed by atoms with Gasteiger partial charge in [-0.3, -0.25) is 9.59 Å². The maximum Gasteiger partial charge on any atom is 0.293 e. The Morgan fingerprint density at radius 1 is 1.31 bits per heavy atom. The summed E-state index contributed by atoms with van der Waals surface area (Å²) in [5.41, 5.74) is 1.65. The van der Waals surface area contributed by atoms with Crippen molar-refractivity contribution < 1.29 is 9.59 Å². The number of halogens is 2. The third kappa shape index (κ3) is 1.72. The normalized spacial score (nSPS) is 10.7. The molecule has 16 heavy (non-hydrogen) atoms. The lowest BCUT2D eigenvalue weighted by Gasteiger charge is -1.96. The van der Waals surface area contributed by atoms with Gasteiger partial charge in [-0.05, 0) is 36.7 Å². The van der Waals surface area contributed by atoms with E-state index in [-0.39, 0.29) is 5.56 Å². The summed E-state index contributed by atoms with van der Waals surface area (Å²) in [7, 11) is 0. The zero-order chi connectivity index (χ0) is 11.9. The van der Waals surface area contributed by atoms with Crippen molar-refractivity contribution in [3.8, 4) is 0 Å². The molecule has 3 nitrogen and oxygen atoms in total. The molecule has 1 heterocycles. The number of aromatic amines is 1. The highest BCUT2D eigenvalue weighted by Crippen LogP contribution is 2.26. The fourth-order valence-electron chi connectivity index (χ4n) is 1.69. The predicted molar refractivity (Wildman–Crippen MR) is 63.2 cm³/mol. The summed E-state index contributed by atoms with van der Waals surface area (Å²) >= 11 is 11.0. The highest BCUT2D eigenvalue weighted by atomic mass is 35.5. The van der Waals surface area contributed by atoms with Crippen LogP contribution in [0.5, 0.6) is 0 Å². The third-order valence-electron chi connectivity index (χ3n) is 2.35. The van der Waals surface area contributed by atoms with Gasteiger partial charge in [0.2, 0.25) is 5.78 Å². The number of nitrogens with one attached hydrogen (secondary N) is 1. The van der Waals surface area contributed by atoms with Gasteiger partial charge in [0.15, 0.2) is 0 Å². The molecule has 0 radical (unpaired) electrons. The first kappa shape index (κ1) is 11.2. The minimum atomic E-state index is -0.996. The van der Waals surface area contributed by atoms with E-state index < -0.39 is 11.0 Å². The molecule has 0 spiro atoms. The summed E-state index contributed by atoms with van der Waals surface area (Å²) in [4.78, 5) is 25.5. The number of hydrogen-bond acceptors (Lipinski definition) is 2. The van der Waals surface area contributed by atoms with Crippen molar-refractivity contribution in [1.29, 1.82) is 0 Å². The second-order valence-electron chi connectivity index (χ2n) is 3.42. The molecule has 0 saturated heterocycles. The zero-order valence-electron chi connectivity index (χ0n) is 8.30. The second kappa shape index (κ2) is 3.92. The van der Waals surface area contributed by atoms with Crippen molar-refractivity contribution in [2.45, 2.75) is 6.92 Å². The van der Waals surface area contributed by atoms with Crippen molar-refractivity contribution in [2.75, 3.05) is 0 Å². The number of rotatable bonds is 2. The van der Waals surface area contributed by atoms with Crippen LogP contribution < -0.4 is 0 Å². The predicted octanol–water partition coefficient (Wildman–Crippen LogP) is 3.08. The van der Waals surface area contributed by atoms with Crippen LogP contribution in [0.15, 0.2) is 18.2 Å². The molecule has 2 rings (SSSR count). The number of carbonyl (C=O) groups excluding carboxylic acids is 2. The number of aromatic nitrogens is 1. The van der Waals surface area contributed by atoms with E-state index >= 15 is 0 Å². The first-order chi connectivity index (χ1) is 7.50. The van der Waals surface area contributed by atoms with Gasteiger partial charge in [0.25, 0.3) is 5.24 Å². The van der Waals surface area contributed by atoms with Crippen molar-refractivity contribution in [3.05, 3.63) is 34.5 Å². The number of hydrogen-bond donors (Lipinski definition) is 1. The van der Waals surface area contributed by atoms with Crippen LogP contribution in [0.1, 0.15) is 16.1 Å². The van der Waals surface area contributed by atoms with Crippen LogP contribution in [0.2, 0.25) is 5.02 Å². The average molecular weight is 256 g/mol. The number of benzene rings is 1. The molecule has 0 saturated carbocycles. The van der Waals surface area contributed by atoms with Crippen LogP contribution in [-0.2, 0) is 4.79 Å². The van der Waals surface area contributed by atoms with Crippen molar-refractivity contribution in [1.82, 2.24) is 4.98 Å². The maximum atomic E-state index is 11.6. The number of Topliss-reactive ketones (excluding diaryl/α,β-unsaturated/α-hetero) is 1. The van der Waals surface area contributed by atoms with E-state index in [9.17, 15) is 9.59 Å². The Labute approximate surface area is 101 Å². The summed E-state index contributed by atoms with van der Waals surface area (Å²) in [6.07, 6.45) is 0. The Bertz CT molecular complexity index is 601. The van der Waals surface area contributed by atoms with E-state index in [0.29, 0.717) is 16.1 Å². The molecule has 1 N–H and O–H groups in total. The molecule has 2 aromatic rings. The monoisotopic (exact) mass is 255 g/mol. The second-order valence-corrected chi connectivity index (χ2v) is 4.20. The molecule has 5 heteroatoms. The van der Waals surface area contributed by atoms with E-state index in [2.05, 4.69) is 4.98 Å². The molecule has 0 fully saturated rings. The minimum absolute atomic E-state index is 0.289. The molecule has 1 aromatic carbocycles. The van der Waals surface area contributed by atoms with Crippen LogP contribution in [0, 0.1) is 6.92 Å². The SMILES string of the molecule is Cc1[nH]c2ccc(Cl)cc2c1C(=O)C(=O)Cl. The summed E-state index contributed by atoms with van der Waals surface area (Å²) in [6.45, 7) is 1.71. The summed E-state index contributed by atoms with van der Waals surface area (Å²) in [5, 5.41) is 0.121. The number of fused-ring (bicyclic) bond motifs is 1. The van der Waals surface area contributed by atoms with Crippen LogP contribution in [0.25, 0.3) is 10.9 Å². The van der Waals surface area contributed by atoms with Gasteiger partial charge < -0.3 is 4.98 Å². The fourth-order valence-corrected chi connectivity index (χ4v) is 1.96. The maximum absolute atomic E-state index is 11.6. The van der Waals surface area contributed by atoms with Gasteiger partial charge in [-0.25, -0.2) is 0 Å². The van der Waals surface area contributed by atoms with Crippen molar-refractivity contribution >= 4 is 45.1 Å². The molecule has 0 unspecified atom stereocenters. The van der Waals surface area contributed by atoms with Gasteiger partial charge in [0.1, 0.15) is 0 Å². The molecular weight excluding hydrogens is 249 g/mol. The first-order valence-electron chi connectivity index (χ1n) is 4.52. The van der Waals surface area contributed by atoms with E-state index in [0.717, 1.165) is 5.52 Å². The molecule has 82 valence electrons. The topological polar surface area (TPSA) is 49.9 Å². The van der Waals surface area contributed by atoms with E-state index in [4.69, 9.17) is 23.2 Å². The smallest absolute Gasteiger partial charge is 0.293 e. The van der Waals surface area contributed by atoms with E-state index in [1.54, 1.807) is 25.1 Å². The van der Waals surface area contributed by atoms with E-state index in [1.807, 2.05) is 0 Å². The summed E-state index contributed by atoms with van der Waals surface area (Å²) in [5.74, 6) is -0.715. The number of carbonyl (C=O) groups is 2. The Balaban J connectivity index is 2.77. The molecule has 0 aliphatic carbocycles. The Hall–Kier alpha value is -1.32. The molecule has 0 aliphatic heterocycles. The molecule has 0 atom stereocenters. The third-order valence-corrected chi connectivity index (χ3v) is 2.76. The fraction of sp³-hybridized carbons (Fsp3) is 0.0909. The Kier molecular flexibility index (Phi) is 2.74. The molecule has 0 bridgehead atoms. The van der Waals surface area contributed by atoms with Crippen LogP contribution in [-0.4, -0.2) is 16.0 Å². The van der Waals surface area contributed by atoms with Gasteiger partial charge in [-0.15, -0.1) is 0 Å². The first-order valence-corrected chi connectivity index (χ1v) is 5.28. The average Bonchev–Trinajstić information content (AvgIpc) is 2.52. The Morgan fingerprint density at radius 3 is 2.62 bits per heavy atom. The van der Waals surface area contributed by atoms with Crippen molar-refractivity contribution in [3.63, 3.8) is 0 Å². The summed E-state index contributed by atoms with van der Waals surface area (Å²) in [6, 6.07) is 5.09. The van der Waals surface area contributed by atoms with Gasteiger partial charge in [0.05, 0.1) is 5.56 Å². The quantitative estimate of drug-likeness (QED) is 0.510.